The Labute approximate surface area is 112 Å². The first-order valence-corrected chi connectivity index (χ1v) is 8.49. The van der Waals surface area contributed by atoms with Crippen molar-refractivity contribution < 1.29 is 21.9 Å². The quantitative estimate of drug-likeness (QED) is 0.645. The minimum absolute atomic E-state index is 0.217. The zero-order valence-electron chi connectivity index (χ0n) is 10.3. The van der Waals surface area contributed by atoms with E-state index in [2.05, 4.69) is 4.72 Å². The highest BCUT2D eigenvalue weighted by molar-refractivity contribution is 7.90. The summed E-state index contributed by atoms with van der Waals surface area (Å²) in [6.07, 6.45) is 0.407. The van der Waals surface area contributed by atoms with Gasteiger partial charge in [-0.1, -0.05) is 13.0 Å². The number of primary sulfonamides is 1. The first-order chi connectivity index (χ1) is 8.70. The molecule has 7 nitrogen and oxygen atoms in total. The van der Waals surface area contributed by atoms with Gasteiger partial charge in [-0.15, -0.1) is 0 Å². The van der Waals surface area contributed by atoms with E-state index in [4.69, 9.17) is 10.2 Å². The Hall–Kier alpha value is -1.00. The van der Waals surface area contributed by atoms with E-state index in [1.165, 1.54) is 18.2 Å². The largest absolute Gasteiger partial charge is 0.395 e. The number of hydrogen-bond donors (Lipinski definition) is 3. The molecule has 4 N–H and O–H groups in total. The number of nitrogens with two attached hydrogens (primary N) is 1. The lowest BCUT2D eigenvalue weighted by Crippen LogP contribution is -2.36. The molecule has 1 aromatic carbocycles. The molecule has 0 aliphatic carbocycles. The molecule has 1 rings (SSSR count). The summed E-state index contributed by atoms with van der Waals surface area (Å²) in [4.78, 5) is -0.502. The van der Waals surface area contributed by atoms with Gasteiger partial charge in [-0.2, -0.15) is 0 Å². The van der Waals surface area contributed by atoms with E-state index in [1.54, 1.807) is 6.92 Å². The molecule has 1 unspecified atom stereocenters. The van der Waals surface area contributed by atoms with Crippen molar-refractivity contribution in [2.45, 2.75) is 29.2 Å². The van der Waals surface area contributed by atoms with Gasteiger partial charge in [-0.3, -0.25) is 0 Å². The molecule has 9 heteroatoms. The van der Waals surface area contributed by atoms with E-state index < -0.39 is 26.1 Å². The van der Waals surface area contributed by atoms with E-state index in [1.807, 2.05) is 0 Å². The lowest BCUT2D eigenvalue weighted by atomic mass is 10.3. The van der Waals surface area contributed by atoms with E-state index in [0.29, 0.717) is 6.42 Å². The van der Waals surface area contributed by atoms with Gasteiger partial charge >= 0.3 is 0 Å². The van der Waals surface area contributed by atoms with Crippen LogP contribution in [0.1, 0.15) is 13.3 Å². The normalized spacial score (nSPS) is 14.3. The number of sulfonamides is 2. The molecule has 0 radical (unpaired) electrons. The van der Waals surface area contributed by atoms with Gasteiger partial charge < -0.3 is 5.11 Å². The zero-order valence-corrected chi connectivity index (χ0v) is 11.9. The van der Waals surface area contributed by atoms with Crippen LogP contribution in [-0.4, -0.2) is 34.6 Å². The molecule has 0 saturated carbocycles. The first kappa shape index (κ1) is 16.1. The van der Waals surface area contributed by atoms with Gasteiger partial charge in [0.25, 0.3) is 0 Å². The maximum absolute atomic E-state index is 12.0. The summed E-state index contributed by atoms with van der Waals surface area (Å²) >= 11 is 0. The standard InChI is InChI=1S/C10H16N2O5S2/c1-2-8(7-13)12-19(16,17)10-5-3-4-9(6-10)18(11,14)15/h3-6,8,12-13H,2,7H2,1H3,(H2,11,14,15). The van der Waals surface area contributed by atoms with Crippen molar-refractivity contribution in [3.8, 4) is 0 Å². The van der Waals surface area contributed by atoms with E-state index in [9.17, 15) is 16.8 Å². The van der Waals surface area contributed by atoms with Crippen LogP contribution in [0.5, 0.6) is 0 Å². The maximum atomic E-state index is 12.0. The monoisotopic (exact) mass is 308 g/mol. The van der Waals surface area contributed by atoms with Crippen molar-refractivity contribution in [3.05, 3.63) is 24.3 Å². The Morgan fingerprint density at radius 2 is 1.84 bits per heavy atom. The average molecular weight is 308 g/mol. The highest BCUT2D eigenvalue weighted by Gasteiger charge is 2.20. The summed E-state index contributed by atoms with van der Waals surface area (Å²) in [5.74, 6) is 0. The number of benzene rings is 1. The molecule has 0 aliphatic rings. The second kappa shape index (κ2) is 5.97. The van der Waals surface area contributed by atoms with Crippen LogP contribution in [-0.2, 0) is 20.0 Å². The summed E-state index contributed by atoms with van der Waals surface area (Å²) in [5, 5.41) is 13.9. The van der Waals surface area contributed by atoms with Crippen LogP contribution in [0.4, 0.5) is 0 Å². The van der Waals surface area contributed by atoms with Gasteiger partial charge in [0.2, 0.25) is 20.0 Å². The van der Waals surface area contributed by atoms with Gasteiger partial charge in [-0.25, -0.2) is 26.7 Å². The van der Waals surface area contributed by atoms with Crippen molar-refractivity contribution in [1.29, 1.82) is 0 Å². The molecule has 0 saturated heterocycles. The summed E-state index contributed by atoms with van der Waals surface area (Å²) in [5.41, 5.74) is 0. The van der Waals surface area contributed by atoms with Gasteiger partial charge in [0, 0.05) is 6.04 Å². The molecule has 0 fully saturated rings. The summed E-state index contributed by atoms with van der Waals surface area (Å²) in [6, 6.07) is 4.09. The zero-order chi connectivity index (χ0) is 14.7. The lowest BCUT2D eigenvalue weighted by Gasteiger charge is -2.14. The number of hydrogen-bond acceptors (Lipinski definition) is 5. The SMILES string of the molecule is CCC(CO)NS(=O)(=O)c1cccc(S(N)(=O)=O)c1. The number of rotatable bonds is 6. The molecule has 108 valence electrons. The number of aliphatic hydroxyl groups is 1. The third-order valence-electron chi connectivity index (χ3n) is 2.48. The van der Waals surface area contributed by atoms with Crippen molar-refractivity contribution >= 4 is 20.0 Å². The fourth-order valence-electron chi connectivity index (χ4n) is 1.36. The first-order valence-electron chi connectivity index (χ1n) is 5.46. The third-order valence-corrected chi connectivity index (χ3v) is 4.91. The van der Waals surface area contributed by atoms with Crippen LogP contribution in [0.25, 0.3) is 0 Å². The Kier molecular flexibility index (Phi) is 5.04. The Bertz CT molecular complexity index is 636. The summed E-state index contributed by atoms with van der Waals surface area (Å²) < 4.78 is 48.6. The van der Waals surface area contributed by atoms with Crippen molar-refractivity contribution in [2.75, 3.05) is 6.61 Å². The Morgan fingerprint density at radius 3 is 2.32 bits per heavy atom. The van der Waals surface area contributed by atoms with E-state index in [-0.39, 0.29) is 16.4 Å². The molecule has 19 heavy (non-hydrogen) atoms. The fourth-order valence-corrected chi connectivity index (χ4v) is 3.35. The average Bonchev–Trinajstić information content (AvgIpc) is 2.35. The van der Waals surface area contributed by atoms with Gasteiger partial charge in [0.05, 0.1) is 16.4 Å². The highest BCUT2D eigenvalue weighted by Crippen LogP contribution is 2.15. The molecule has 1 atom stereocenters. The van der Waals surface area contributed by atoms with Gasteiger partial charge in [0.15, 0.2) is 0 Å². The topological polar surface area (TPSA) is 127 Å². The minimum atomic E-state index is -3.97. The molecule has 0 heterocycles. The van der Waals surface area contributed by atoms with Crippen molar-refractivity contribution in [3.63, 3.8) is 0 Å². The van der Waals surface area contributed by atoms with Crippen LogP contribution in [0.3, 0.4) is 0 Å². The summed E-state index contributed by atoms with van der Waals surface area (Å²) in [6.45, 7) is 1.37. The minimum Gasteiger partial charge on any atom is -0.395 e. The predicted molar refractivity (Wildman–Crippen MR) is 69.3 cm³/mol. The third kappa shape index (κ3) is 4.25. The van der Waals surface area contributed by atoms with Crippen LogP contribution in [0, 0.1) is 0 Å². The van der Waals surface area contributed by atoms with Crippen LogP contribution >= 0.6 is 0 Å². The smallest absolute Gasteiger partial charge is 0.240 e. The van der Waals surface area contributed by atoms with E-state index >= 15 is 0 Å². The molecule has 0 aliphatic heterocycles. The molecule has 0 amide bonds. The summed E-state index contributed by atoms with van der Waals surface area (Å²) in [7, 11) is -7.86. The maximum Gasteiger partial charge on any atom is 0.240 e. The van der Waals surface area contributed by atoms with Crippen molar-refractivity contribution in [1.82, 2.24) is 4.72 Å². The lowest BCUT2D eigenvalue weighted by molar-refractivity contribution is 0.254. The molecule has 0 bridgehead atoms. The second-order valence-electron chi connectivity index (χ2n) is 3.93. The van der Waals surface area contributed by atoms with Crippen LogP contribution in [0.2, 0.25) is 0 Å². The number of nitrogens with one attached hydrogen (secondary N) is 1. The Balaban J connectivity index is 3.16. The van der Waals surface area contributed by atoms with Crippen LogP contribution < -0.4 is 9.86 Å². The second-order valence-corrected chi connectivity index (χ2v) is 7.20. The molecular weight excluding hydrogens is 292 g/mol. The molecule has 1 aromatic rings. The van der Waals surface area contributed by atoms with Gasteiger partial charge in [0.1, 0.15) is 0 Å². The Morgan fingerprint density at radius 1 is 1.26 bits per heavy atom. The van der Waals surface area contributed by atoms with E-state index in [0.717, 1.165) is 6.07 Å². The molecule has 0 aromatic heterocycles. The molecule has 0 spiro atoms. The number of aliphatic hydroxyl groups excluding tert-OH is 1. The van der Waals surface area contributed by atoms with Crippen LogP contribution in [0.15, 0.2) is 34.1 Å². The fraction of sp³-hybridized carbons (Fsp3) is 0.400. The van der Waals surface area contributed by atoms with Crippen molar-refractivity contribution in [2.24, 2.45) is 5.14 Å². The van der Waals surface area contributed by atoms with Gasteiger partial charge in [-0.05, 0) is 24.6 Å². The molecular formula is C10H16N2O5S2. The predicted octanol–water partition coefficient (Wildman–Crippen LogP) is -0.617. The highest BCUT2D eigenvalue weighted by atomic mass is 32.2.